The van der Waals surface area contributed by atoms with Crippen LogP contribution in [0.2, 0.25) is 0 Å². The second-order valence-electron chi connectivity index (χ2n) is 6.82. The molecule has 0 saturated heterocycles. The molecule has 0 aromatic heterocycles. The lowest BCUT2D eigenvalue weighted by Crippen LogP contribution is -2.25. The van der Waals surface area contributed by atoms with Crippen molar-refractivity contribution in [2.75, 3.05) is 7.05 Å². The van der Waals surface area contributed by atoms with Crippen molar-refractivity contribution >= 4 is 5.91 Å². The van der Waals surface area contributed by atoms with Crippen LogP contribution >= 0.6 is 0 Å². The van der Waals surface area contributed by atoms with Gasteiger partial charge in [0.2, 0.25) is 0 Å². The molecule has 1 saturated carbocycles. The van der Waals surface area contributed by atoms with E-state index in [0.29, 0.717) is 30.3 Å². The van der Waals surface area contributed by atoms with Crippen molar-refractivity contribution < 1.29 is 18.0 Å². The molecule has 138 valence electrons. The number of carbonyl (C=O) groups is 1. The second kappa shape index (κ2) is 7.50. The Balaban J connectivity index is 1.57. The first kappa shape index (κ1) is 18.5. The number of halogens is 3. The maximum Gasteiger partial charge on any atom is 0.416 e. The summed E-state index contributed by atoms with van der Waals surface area (Å²) in [5, 5.41) is 2.94. The minimum Gasteiger partial charge on any atom is -0.349 e. The summed E-state index contributed by atoms with van der Waals surface area (Å²) in [5.74, 6) is -0.0589. The van der Waals surface area contributed by atoms with Crippen molar-refractivity contribution in [2.45, 2.75) is 38.1 Å². The highest BCUT2D eigenvalue weighted by atomic mass is 19.4. The van der Waals surface area contributed by atoms with Crippen LogP contribution in [-0.4, -0.2) is 23.9 Å². The molecule has 0 aliphatic heterocycles. The zero-order valence-corrected chi connectivity index (χ0v) is 14.5. The van der Waals surface area contributed by atoms with Crippen molar-refractivity contribution in [1.29, 1.82) is 0 Å². The molecule has 1 fully saturated rings. The Kier molecular flexibility index (Phi) is 5.32. The molecule has 2 aromatic rings. The molecule has 26 heavy (non-hydrogen) atoms. The molecule has 0 heterocycles. The van der Waals surface area contributed by atoms with E-state index in [4.69, 9.17) is 0 Å². The smallest absolute Gasteiger partial charge is 0.349 e. The van der Waals surface area contributed by atoms with E-state index >= 15 is 0 Å². The molecule has 1 N–H and O–H groups in total. The van der Waals surface area contributed by atoms with Crippen LogP contribution in [0.4, 0.5) is 13.2 Å². The van der Waals surface area contributed by atoms with Crippen molar-refractivity contribution in [3.63, 3.8) is 0 Å². The SMILES string of the molecule is CN(Cc1ccc(C(=O)NC2CC2)cc1)Cc1cccc(C(F)(F)F)c1. The van der Waals surface area contributed by atoms with Crippen LogP contribution in [-0.2, 0) is 19.3 Å². The van der Waals surface area contributed by atoms with Gasteiger partial charge in [-0.15, -0.1) is 0 Å². The molecule has 3 rings (SSSR count). The second-order valence-corrected chi connectivity index (χ2v) is 6.82. The fraction of sp³-hybridized carbons (Fsp3) is 0.350. The van der Waals surface area contributed by atoms with Crippen molar-refractivity contribution in [3.8, 4) is 0 Å². The molecule has 6 heteroatoms. The van der Waals surface area contributed by atoms with Gasteiger partial charge in [0.25, 0.3) is 5.91 Å². The Morgan fingerprint density at radius 1 is 1.08 bits per heavy atom. The Bertz CT molecular complexity index is 767. The number of alkyl halides is 3. The molecule has 1 amide bonds. The van der Waals surface area contributed by atoms with Crippen LogP contribution in [0.1, 0.15) is 39.9 Å². The Morgan fingerprint density at radius 2 is 1.73 bits per heavy atom. The molecule has 0 unspecified atom stereocenters. The fourth-order valence-corrected chi connectivity index (χ4v) is 2.78. The van der Waals surface area contributed by atoms with Gasteiger partial charge in [-0.2, -0.15) is 13.2 Å². The average molecular weight is 362 g/mol. The van der Waals surface area contributed by atoms with Gasteiger partial charge in [-0.3, -0.25) is 9.69 Å². The van der Waals surface area contributed by atoms with Gasteiger partial charge in [0.15, 0.2) is 0 Å². The highest BCUT2D eigenvalue weighted by Crippen LogP contribution is 2.29. The normalized spacial score (nSPS) is 14.5. The van der Waals surface area contributed by atoms with Crippen molar-refractivity contribution in [1.82, 2.24) is 10.2 Å². The summed E-state index contributed by atoms with van der Waals surface area (Å²) in [5.41, 5.74) is 1.61. The molecule has 0 atom stereocenters. The fourth-order valence-electron chi connectivity index (χ4n) is 2.78. The largest absolute Gasteiger partial charge is 0.416 e. The number of nitrogens with one attached hydrogen (secondary N) is 1. The van der Waals surface area contributed by atoms with Gasteiger partial charge in [-0.05, 0) is 49.2 Å². The molecule has 3 nitrogen and oxygen atoms in total. The van der Waals surface area contributed by atoms with E-state index in [-0.39, 0.29) is 5.91 Å². The van der Waals surface area contributed by atoms with E-state index in [9.17, 15) is 18.0 Å². The van der Waals surface area contributed by atoms with Crippen LogP contribution in [0.25, 0.3) is 0 Å². The third-order valence-electron chi connectivity index (χ3n) is 4.29. The number of benzene rings is 2. The first-order valence-corrected chi connectivity index (χ1v) is 8.56. The maximum atomic E-state index is 12.8. The number of hydrogen-bond acceptors (Lipinski definition) is 2. The predicted octanol–water partition coefficient (Wildman–Crippen LogP) is 4.23. The van der Waals surface area contributed by atoms with Crippen LogP contribution in [0.5, 0.6) is 0 Å². The topological polar surface area (TPSA) is 32.3 Å². The third kappa shape index (κ3) is 5.08. The highest BCUT2D eigenvalue weighted by molar-refractivity contribution is 5.94. The summed E-state index contributed by atoms with van der Waals surface area (Å²) in [7, 11) is 1.86. The van der Waals surface area contributed by atoms with Crippen molar-refractivity contribution in [2.24, 2.45) is 0 Å². The maximum absolute atomic E-state index is 12.8. The minimum atomic E-state index is -4.33. The number of amides is 1. The lowest BCUT2D eigenvalue weighted by atomic mass is 10.1. The molecule has 0 bridgehead atoms. The van der Waals surface area contributed by atoms with E-state index in [1.165, 1.54) is 12.1 Å². The molecule has 0 spiro atoms. The van der Waals surface area contributed by atoms with E-state index < -0.39 is 11.7 Å². The summed E-state index contributed by atoms with van der Waals surface area (Å²) in [6.07, 6.45) is -2.24. The van der Waals surface area contributed by atoms with E-state index in [1.807, 2.05) is 24.1 Å². The number of hydrogen-bond donors (Lipinski definition) is 1. The molecule has 1 aliphatic rings. The van der Waals surface area contributed by atoms with Crippen molar-refractivity contribution in [3.05, 3.63) is 70.8 Å². The summed E-state index contributed by atoms with van der Waals surface area (Å²) in [6.45, 7) is 0.995. The first-order valence-electron chi connectivity index (χ1n) is 8.56. The van der Waals surface area contributed by atoms with Crippen LogP contribution in [0.3, 0.4) is 0 Å². The monoisotopic (exact) mass is 362 g/mol. The number of carbonyl (C=O) groups excluding carboxylic acids is 1. The Labute approximate surface area is 150 Å². The quantitative estimate of drug-likeness (QED) is 0.834. The predicted molar refractivity (Wildman–Crippen MR) is 93.5 cm³/mol. The van der Waals surface area contributed by atoms with Gasteiger partial charge >= 0.3 is 6.18 Å². The zero-order valence-electron chi connectivity index (χ0n) is 14.5. The van der Waals surface area contributed by atoms with Gasteiger partial charge in [0.05, 0.1) is 5.56 Å². The van der Waals surface area contributed by atoms with Gasteiger partial charge in [-0.1, -0.05) is 30.3 Å². The third-order valence-corrected chi connectivity index (χ3v) is 4.29. The zero-order chi connectivity index (χ0) is 18.7. The van der Waals surface area contributed by atoms with E-state index in [1.54, 1.807) is 18.2 Å². The summed E-state index contributed by atoms with van der Waals surface area (Å²) in [4.78, 5) is 13.9. The summed E-state index contributed by atoms with van der Waals surface area (Å²) in [6, 6.07) is 13.0. The Hall–Kier alpha value is -2.34. The Morgan fingerprint density at radius 3 is 2.35 bits per heavy atom. The van der Waals surface area contributed by atoms with Crippen LogP contribution in [0, 0.1) is 0 Å². The lowest BCUT2D eigenvalue weighted by Gasteiger charge is -2.18. The van der Waals surface area contributed by atoms with Crippen LogP contribution in [0.15, 0.2) is 48.5 Å². The van der Waals surface area contributed by atoms with E-state index in [0.717, 1.165) is 24.5 Å². The molecular formula is C20H21F3N2O. The molecular weight excluding hydrogens is 341 g/mol. The lowest BCUT2D eigenvalue weighted by molar-refractivity contribution is -0.137. The van der Waals surface area contributed by atoms with Gasteiger partial charge in [0.1, 0.15) is 0 Å². The number of nitrogens with zero attached hydrogens (tertiary/aromatic N) is 1. The highest BCUT2D eigenvalue weighted by Gasteiger charge is 2.30. The number of rotatable bonds is 6. The average Bonchev–Trinajstić information content (AvgIpc) is 3.39. The van der Waals surface area contributed by atoms with E-state index in [2.05, 4.69) is 5.32 Å². The molecule has 2 aromatic carbocycles. The molecule has 1 aliphatic carbocycles. The van der Waals surface area contributed by atoms with Crippen LogP contribution < -0.4 is 5.32 Å². The minimum absolute atomic E-state index is 0.0589. The standard InChI is InChI=1S/C20H21F3N2O/c1-25(13-15-3-2-4-17(11-15)20(21,22)23)12-14-5-7-16(8-6-14)19(26)24-18-9-10-18/h2-8,11,18H,9-10,12-13H2,1H3,(H,24,26). The summed E-state index contributed by atoms with van der Waals surface area (Å²) < 4.78 is 38.4. The van der Waals surface area contributed by atoms with Gasteiger partial charge in [-0.25, -0.2) is 0 Å². The first-order chi connectivity index (χ1) is 12.3. The molecule has 0 radical (unpaired) electrons. The van der Waals surface area contributed by atoms with Gasteiger partial charge in [0, 0.05) is 24.7 Å². The summed E-state index contributed by atoms with van der Waals surface area (Å²) >= 11 is 0. The van der Waals surface area contributed by atoms with Gasteiger partial charge < -0.3 is 5.32 Å².